The number of carbonyl (C=O) groups excluding carboxylic acids is 2. The Balaban J connectivity index is 1.11. The van der Waals surface area contributed by atoms with Gasteiger partial charge in [-0.2, -0.15) is 0 Å². The number of carbonyl (C=O) groups is 2. The highest BCUT2D eigenvalue weighted by Crippen LogP contribution is 2.21. The van der Waals surface area contributed by atoms with Crippen molar-refractivity contribution in [2.75, 3.05) is 24.9 Å². The third kappa shape index (κ3) is 9.38. The van der Waals surface area contributed by atoms with Gasteiger partial charge in [-0.3, -0.25) is 9.59 Å². The van der Waals surface area contributed by atoms with Gasteiger partial charge in [0.05, 0.1) is 14.2 Å². The highest BCUT2D eigenvalue weighted by molar-refractivity contribution is 7.15. The van der Waals surface area contributed by atoms with E-state index in [1.54, 1.807) is 14.2 Å². The molecule has 0 aliphatic rings. The lowest BCUT2D eigenvalue weighted by molar-refractivity contribution is -0.117. The van der Waals surface area contributed by atoms with Crippen LogP contribution in [0.5, 0.6) is 11.5 Å². The molecule has 0 atom stereocenters. The number of methoxy groups -OCH3 is 2. The summed E-state index contributed by atoms with van der Waals surface area (Å²) in [7, 11) is 3.25. The molecule has 2 amide bonds. The summed E-state index contributed by atoms with van der Waals surface area (Å²) < 4.78 is 10.5. The first kappa shape index (κ1) is 29.1. The largest absolute Gasteiger partial charge is 0.497 e. The van der Waals surface area contributed by atoms with Crippen molar-refractivity contribution >= 4 is 44.8 Å². The number of ether oxygens (including phenoxy) is 2. The van der Waals surface area contributed by atoms with E-state index in [9.17, 15) is 9.59 Å². The van der Waals surface area contributed by atoms with Crippen molar-refractivity contribution in [3.8, 4) is 11.5 Å². The van der Waals surface area contributed by atoms with Crippen molar-refractivity contribution < 1.29 is 19.1 Å². The van der Waals surface area contributed by atoms with Gasteiger partial charge in [0.1, 0.15) is 21.5 Å². The molecule has 40 heavy (non-hydrogen) atoms. The molecular weight excluding hydrogens is 548 g/mol. The SMILES string of the molecule is COc1cccc(CCC(=O)Nc2nnc(CCCCc3nnc(NC(=O)CCc4cccc(OC)c4)s3)s2)c1. The van der Waals surface area contributed by atoms with Crippen LogP contribution in [0.25, 0.3) is 0 Å². The summed E-state index contributed by atoms with van der Waals surface area (Å²) in [6, 6.07) is 15.4. The second-order valence-electron chi connectivity index (χ2n) is 9.01. The van der Waals surface area contributed by atoms with Crippen LogP contribution in [0.3, 0.4) is 0 Å². The highest BCUT2D eigenvalue weighted by Gasteiger charge is 2.11. The fourth-order valence-electron chi connectivity index (χ4n) is 3.90. The van der Waals surface area contributed by atoms with Gasteiger partial charge in [-0.05, 0) is 61.1 Å². The Bertz CT molecular complexity index is 1300. The molecule has 0 unspecified atom stereocenters. The zero-order valence-electron chi connectivity index (χ0n) is 22.5. The van der Waals surface area contributed by atoms with Gasteiger partial charge in [-0.25, -0.2) is 0 Å². The number of hydrogen-bond acceptors (Lipinski definition) is 10. The van der Waals surface area contributed by atoms with Crippen LogP contribution in [0.4, 0.5) is 10.3 Å². The van der Waals surface area contributed by atoms with Gasteiger partial charge < -0.3 is 20.1 Å². The third-order valence-corrected chi connectivity index (χ3v) is 7.80. The predicted molar refractivity (Wildman–Crippen MR) is 156 cm³/mol. The van der Waals surface area contributed by atoms with Gasteiger partial charge in [-0.1, -0.05) is 46.9 Å². The second kappa shape index (κ2) is 15.0. The first-order valence-electron chi connectivity index (χ1n) is 13.0. The Morgan fingerprint density at radius 1 is 0.675 bits per heavy atom. The fourth-order valence-corrected chi connectivity index (χ4v) is 5.49. The zero-order valence-corrected chi connectivity index (χ0v) is 24.1. The summed E-state index contributed by atoms with van der Waals surface area (Å²) in [5.74, 6) is 1.37. The monoisotopic (exact) mass is 580 g/mol. The Labute approximate surface area is 241 Å². The number of nitrogens with zero attached hydrogens (tertiary/aromatic N) is 4. The van der Waals surface area contributed by atoms with Crippen molar-refractivity contribution in [1.82, 2.24) is 20.4 Å². The summed E-state index contributed by atoms with van der Waals surface area (Å²) >= 11 is 2.79. The molecule has 0 aliphatic carbocycles. The molecule has 0 saturated heterocycles. The zero-order chi connectivity index (χ0) is 28.2. The van der Waals surface area contributed by atoms with E-state index in [4.69, 9.17) is 9.47 Å². The van der Waals surface area contributed by atoms with Crippen molar-refractivity contribution in [2.24, 2.45) is 0 Å². The molecule has 4 rings (SSSR count). The van der Waals surface area contributed by atoms with Gasteiger partial charge in [0, 0.05) is 25.7 Å². The van der Waals surface area contributed by atoms with Crippen LogP contribution in [-0.4, -0.2) is 46.4 Å². The fraction of sp³-hybridized carbons (Fsp3) is 0.357. The minimum atomic E-state index is -0.0926. The van der Waals surface area contributed by atoms with Crippen LogP contribution in [-0.2, 0) is 35.3 Å². The van der Waals surface area contributed by atoms with Crippen molar-refractivity contribution in [3.05, 3.63) is 69.7 Å². The standard InChI is InChI=1S/C28H32N6O4S2/c1-37-21-9-5-7-19(17-21)13-15-23(35)29-27-33-31-25(39-27)11-3-4-12-26-32-34-28(40-26)30-24(36)16-14-20-8-6-10-22(18-20)38-2/h5-10,17-18H,3-4,11-16H2,1-2H3,(H,29,33,35)(H,30,34,36). The number of rotatable bonds is 15. The molecule has 4 aromatic rings. The number of unbranched alkanes of at least 4 members (excludes halogenated alkanes) is 1. The Kier molecular flexibility index (Phi) is 10.9. The summed E-state index contributed by atoms with van der Waals surface area (Å²) in [5, 5.41) is 25.1. The van der Waals surface area contributed by atoms with E-state index in [-0.39, 0.29) is 11.8 Å². The lowest BCUT2D eigenvalue weighted by Gasteiger charge is -2.04. The molecule has 12 heteroatoms. The highest BCUT2D eigenvalue weighted by atomic mass is 32.1. The van der Waals surface area contributed by atoms with Gasteiger partial charge >= 0.3 is 0 Å². The average Bonchev–Trinajstić information content (AvgIpc) is 3.62. The van der Waals surface area contributed by atoms with E-state index in [1.165, 1.54) is 22.7 Å². The first-order chi connectivity index (χ1) is 19.5. The predicted octanol–water partition coefficient (Wildman–Crippen LogP) is 5.11. The van der Waals surface area contributed by atoms with E-state index in [0.717, 1.165) is 58.3 Å². The topological polar surface area (TPSA) is 128 Å². The summed E-state index contributed by atoms with van der Waals surface area (Å²) in [5.41, 5.74) is 2.09. The minimum absolute atomic E-state index is 0.0926. The molecule has 0 saturated carbocycles. The van der Waals surface area contributed by atoms with Crippen molar-refractivity contribution in [1.29, 1.82) is 0 Å². The number of aryl methyl sites for hydroxylation is 4. The normalized spacial score (nSPS) is 10.8. The van der Waals surface area contributed by atoms with Gasteiger partial charge in [-0.15, -0.1) is 20.4 Å². The van der Waals surface area contributed by atoms with Gasteiger partial charge in [0.15, 0.2) is 0 Å². The Morgan fingerprint density at radius 2 is 1.12 bits per heavy atom. The molecule has 0 fully saturated rings. The van der Waals surface area contributed by atoms with Crippen LogP contribution in [0.1, 0.15) is 46.8 Å². The van der Waals surface area contributed by atoms with Crippen molar-refractivity contribution in [2.45, 2.75) is 51.4 Å². The number of hydrogen-bond donors (Lipinski definition) is 2. The molecule has 0 spiro atoms. The molecule has 10 nitrogen and oxygen atoms in total. The minimum Gasteiger partial charge on any atom is -0.497 e. The lowest BCUT2D eigenvalue weighted by Crippen LogP contribution is -2.12. The Morgan fingerprint density at radius 3 is 1.55 bits per heavy atom. The van der Waals surface area contributed by atoms with Crippen LogP contribution < -0.4 is 20.1 Å². The van der Waals surface area contributed by atoms with Crippen LogP contribution in [0.15, 0.2) is 48.5 Å². The smallest absolute Gasteiger partial charge is 0.226 e. The van der Waals surface area contributed by atoms with Crippen LogP contribution in [0, 0.1) is 0 Å². The summed E-state index contributed by atoms with van der Waals surface area (Å²) in [4.78, 5) is 24.6. The molecule has 0 radical (unpaired) electrons. The molecule has 2 aromatic carbocycles. The van der Waals surface area contributed by atoms with Crippen LogP contribution in [0.2, 0.25) is 0 Å². The maximum atomic E-state index is 12.3. The Hall–Kier alpha value is -3.90. The van der Waals surface area contributed by atoms with Crippen molar-refractivity contribution in [3.63, 3.8) is 0 Å². The number of aromatic nitrogens is 4. The van der Waals surface area contributed by atoms with E-state index >= 15 is 0 Å². The first-order valence-corrected chi connectivity index (χ1v) is 14.6. The molecule has 0 aliphatic heterocycles. The molecule has 210 valence electrons. The number of nitrogens with one attached hydrogen (secondary N) is 2. The van der Waals surface area contributed by atoms with E-state index in [1.807, 2.05) is 48.5 Å². The summed E-state index contributed by atoms with van der Waals surface area (Å²) in [6.07, 6.45) is 5.29. The molecule has 2 heterocycles. The maximum Gasteiger partial charge on any atom is 0.226 e. The number of anilines is 2. The third-order valence-electron chi connectivity index (χ3n) is 6.01. The molecule has 0 bridgehead atoms. The number of amides is 2. The van der Waals surface area contributed by atoms with Crippen LogP contribution >= 0.6 is 22.7 Å². The number of benzene rings is 2. The molecule has 2 N–H and O–H groups in total. The molecular formula is C28H32N6O4S2. The van der Waals surface area contributed by atoms with E-state index in [2.05, 4.69) is 31.0 Å². The van der Waals surface area contributed by atoms with E-state index in [0.29, 0.717) is 35.9 Å². The second-order valence-corrected chi connectivity index (χ2v) is 11.1. The lowest BCUT2D eigenvalue weighted by atomic mass is 10.1. The maximum absolute atomic E-state index is 12.3. The summed E-state index contributed by atoms with van der Waals surface area (Å²) in [6.45, 7) is 0. The van der Waals surface area contributed by atoms with Gasteiger partial charge in [0.2, 0.25) is 22.1 Å². The molecule has 2 aromatic heterocycles. The van der Waals surface area contributed by atoms with E-state index < -0.39 is 0 Å². The average molecular weight is 581 g/mol. The quantitative estimate of drug-likeness (QED) is 0.186. The van der Waals surface area contributed by atoms with Gasteiger partial charge in [0.25, 0.3) is 0 Å².